The van der Waals surface area contributed by atoms with Crippen molar-refractivity contribution in [3.05, 3.63) is 0 Å². The smallest absolute Gasteiger partial charge is 0.218 e. The molecule has 3 saturated heterocycles. The monoisotopic (exact) mass is 217 g/mol. The van der Waals surface area contributed by atoms with Crippen LogP contribution in [0.1, 0.15) is 6.92 Å². The van der Waals surface area contributed by atoms with Crippen LogP contribution in [0.5, 0.6) is 0 Å². The fourth-order valence-electron chi connectivity index (χ4n) is 2.17. The predicted octanol–water partition coefficient (Wildman–Crippen LogP) is -0.609. The molecule has 0 amide bonds. The molecule has 3 heterocycles. The zero-order chi connectivity index (χ0) is 10.4. The lowest BCUT2D eigenvalue weighted by molar-refractivity contribution is -0.265. The first-order chi connectivity index (χ1) is 7.28. The van der Waals surface area contributed by atoms with Gasteiger partial charge in [0.15, 0.2) is 12.6 Å². The maximum atomic E-state index is 5.64. The van der Waals surface area contributed by atoms with E-state index in [0.29, 0.717) is 6.61 Å². The van der Waals surface area contributed by atoms with Gasteiger partial charge in [-0.15, -0.1) is 0 Å². The van der Waals surface area contributed by atoms with Crippen LogP contribution in [0.3, 0.4) is 0 Å². The van der Waals surface area contributed by atoms with Gasteiger partial charge in [-0.25, -0.2) is 0 Å². The van der Waals surface area contributed by atoms with E-state index in [0.717, 1.165) is 0 Å². The SMILES string of the molecule is CNC1OC2OC3COC(C)OC3C2O1. The first-order valence-corrected chi connectivity index (χ1v) is 5.18. The van der Waals surface area contributed by atoms with E-state index in [1.807, 2.05) is 6.92 Å². The normalized spacial score (nSPS) is 54.0. The van der Waals surface area contributed by atoms with E-state index in [1.165, 1.54) is 0 Å². The summed E-state index contributed by atoms with van der Waals surface area (Å²) in [5.74, 6) is 0. The van der Waals surface area contributed by atoms with Crippen LogP contribution in [0.2, 0.25) is 0 Å². The topological polar surface area (TPSA) is 58.2 Å². The number of hydrogen-bond acceptors (Lipinski definition) is 6. The zero-order valence-corrected chi connectivity index (χ0v) is 8.71. The van der Waals surface area contributed by atoms with Crippen LogP contribution in [0, 0.1) is 0 Å². The maximum absolute atomic E-state index is 5.64. The fourth-order valence-corrected chi connectivity index (χ4v) is 2.17. The van der Waals surface area contributed by atoms with Crippen molar-refractivity contribution in [2.45, 2.75) is 44.2 Å². The van der Waals surface area contributed by atoms with Crippen molar-refractivity contribution in [2.75, 3.05) is 13.7 Å². The molecule has 15 heavy (non-hydrogen) atoms. The number of hydrogen-bond donors (Lipinski definition) is 1. The van der Waals surface area contributed by atoms with Crippen LogP contribution in [0.25, 0.3) is 0 Å². The summed E-state index contributed by atoms with van der Waals surface area (Å²) < 4.78 is 27.7. The van der Waals surface area contributed by atoms with E-state index in [4.69, 9.17) is 23.7 Å². The molecule has 6 heteroatoms. The minimum Gasteiger partial charge on any atom is -0.350 e. The van der Waals surface area contributed by atoms with Crippen molar-refractivity contribution in [3.63, 3.8) is 0 Å². The molecule has 3 rings (SSSR count). The lowest BCUT2D eigenvalue weighted by Crippen LogP contribution is -2.45. The molecule has 0 aromatic heterocycles. The van der Waals surface area contributed by atoms with Crippen molar-refractivity contribution >= 4 is 0 Å². The molecule has 6 nitrogen and oxygen atoms in total. The molecule has 6 atom stereocenters. The average molecular weight is 217 g/mol. The fraction of sp³-hybridized carbons (Fsp3) is 1.00. The second-order valence-electron chi connectivity index (χ2n) is 3.90. The van der Waals surface area contributed by atoms with Gasteiger partial charge in [0.25, 0.3) is 0 Å². The molecule has 86 valence electrons. The van der Waals surface area contributed by atoms with E-state index in [1.54, 1.807) is 7.05 Å². The summed E-state index contributed by atoms with van der Waals surface area (Å²) >= 11 is 0. The van der Waals surface area contributed by atoms with Gasteiger partial charge in [0.05, 0.1) is 6.61 Å². The molecule has 3 fully saturated rings. The average Bonchev–Trinajstić information content (AvgIpc) is 2.75. The summed E-state index contributed by atoms with van der Waals surface area (Å²) in [6.45, 7) is 2.41. The van der Waals surface area contributed by atoms with Gasteiger partial charge in [-0.2, -0.15) is 0 Å². The molecule has 0 spiro atoms. The third-order valence-corrected chi connectivity index (χ3v) is 2.89. The maximum Gasteiger partial charge on any atom is 0.218 e. The molecule has 0 saturated carbocycles. The summed E-state index contributed by atoms with van der Waals surface area (Å²) in [6, 6.07) is 0. The lowest BCUT2D eigenvalue weighted by atomic mass is 10.1. The van der Waals surface area contributed by atoms with E-state index < -0.39 is 6.41 Å². The first-order valence-electron chi connectivity index (χ1n) is 5.18. The van der Waals surface area contributed by atoms with Crippen LogP contribution >= 0.6 is 0 Å². The lowest BCUT2D eigenvalue weighted by Gasteiger charge is -2.31. The molecule has 6 unspecified atom stereocenters. The first kappa shape index (κ1) is 9.95. The Morgan fingerprint density at radius 1 is 1.07 bits per heavy atom. The largest absolute Gasteiger partial charge is 0.350 e. The Bertz CT molecular complexity index is 251. The summed E-state index contributed by atoms with van der Waals surface area (Å²) in [4.78, 5) is 0. The van der Waals surface area contributed by atoms with Crippen molar-refractivity contribution in [2.24, 2.45) is 0 Å². The van der Waals surface area contributed by atoms with E-state index in [-0.39, 0.29) is 30.9 Å². The Morgan fingerprint density at radius 3 is 2.73 bits per heavy atom. The highest BCUT2D eigenvalue weighted by Crippen LogP contribution is 2.36. The summed E-state index contributed by atoms with van der Waals surface area (Å²) in [7, 11) is 1.77. The highest BCUT2D eigenvalue weighted by atomic mass is 16.9. The Hall–Kier alpha value is -0.240. The Kier molecular flexibility index (Phi) is 2.42. The standard InChI is InChI=1S/C9H15NO5/c1-4-11-3-5-6(12-4)7-8(13-5)15-9(10-2)14-7/h4-10H,3H2,1-2H3. The van der Waals surface area contributed by atoms with Crippen LogP contribution in [-0.2, 0) is 23.7 Å². The van der Waals surface area contributed by atoms with Gasteiger partial charge < -0.3 is 23.7 Å². The quantitative estimate of drug-likeness (QED) is 0.632. The molecule has 0 aliphatic carbocycles. The molecule has 1 N–H and O–H groups in total. The van der Waals surface area contributed by atoms with Gasteiger partial charge in [-0.1, -0.05) is 0 Å². The third kappa shape index (κ3) is 1.57. The van der Waals surface area contributed by atoms with Crippen LogP contribution in [-0.4, -0.2) is 51.0 Å². The molecule has 3 aliphatic heterocycles. The van der Waals surface area contributed by atoms with Crippen LogP contribution in [0.4, 0.5) is 0 Å². The number of ether oxygens (including phenoxy) is 5. The van der Waals surface area contributed by atoms with Crippen molar-refractivity contribution in [3.8, 4) is 0 Å². The van der Waals surface area contributed by atoms with E-state index in [2.05, 4.69) is 5.32 Å². The molecular formula is C9H15NO5. The molecule has 0 aromatic rings. The second kappa shape index (κ2) is 3.65. The third-order valence-electron chi connectivity index (χ3n) is 2.89. The molecular weight excluding hydrogens is 202 g/mol. The summed E-state index contributed by atoms with van der Waals surface area (Å²) in [6.07, 6.45) is -1.26. The van der Waals surface area contributed by atoms with Crippen molar-refractivity contribution < 1.29 is 23.7 Å². The van der Waals surface area contributed by atoms with Crippen LogP contribution in [0.15, 0.2) is 0 Å². The van der Waals surface area contributed by atoms with Gasteiger partial charge in [0.1, 0.15) is 18.3 Å². The summed E-state index contributed by atoms with van der Waals surface area (Å²) in [5.41, 5.74) is 0. The van der Waals surface area contributed by atoms with Crippen molar-refractivity contribution in [1.29, 1.82) is 0 Å². The molecule has 0 aromatic carbocycles. The minimum absolute atomic E-state index is 0.0750. The van der Waals surface area contributed by atoms with E-state index in [9.17, 15) is 0 Å². The van der Waals surface area contributed by atoms with Crippen LogP contribution < -0.4 is 5.32 Å². The number of nitrogens with one attached hydrogen (secondary N) is 1. The number of rotatable bonds is 1. The van der Waals surface area contributed by atoms with Gasteiger partial charge >= 0.3 is 0 Å². The van der Waals surface area contributed by atoms with E-state index >= 15 is 0 Å². The molecule has 0 bridgehead atoms. The molecule has 3 aliphatic rings. The highest BCUT2D eigenvalue weighted by molar-refractivity contribution is 4.93. The zero-order valence-electron chi connectivity index (χ0n) is 8.71. The predicted molar refractivity (Wildman–Crippen MR) is 47.8 cm³/mol. The van der Waals surface area contributed by atoms with Crippen molar-refractivity contribution in [1.82, 2.24) is 5.32 Å². The molecule has 0 radical (unpaired) electrons. The van der Waals surface area contributed by atoms with Gasteiger partial charge in [0, 0.05) is 0 Å². The summed E-state index contributed by atoms with van der Waals surface area (Å²) in [5, 5.41) is 2.89. The minimum atomic E-state index is -0.400. The second-order valence-corrected chi connectivity index (χ2v) is 3.90. The van der Waals surface area contributed by atoms with Gasteiger partial charge in [0.2, 0.25) is 6.41 Å². The highest BCUT2D eigenvalue weighted by Gasteiger charge is 2.54. The van der Waals surface area contributed by atoms with Gasteiger partial charge in [-0.05, 0) is 14.0 Å². The number of fused-ring (bicyclic) bond motifs is 3. The van der Waals surface area contributed by atoms with Gasteiger partial charge in [-0.3, -0.25) is 5.32 Å². The Morgan fingerprint density at radius 2 is 1.93 bits per heavy atom. The Balaban J connectivity index is 1.71. The Labute approximate surface area is 87.8 Å².